The number of aromatic hydroxyl groups is 1. The summed E-state index contributed by atoms with van der Waals surface area (Å²) in [4.78, 5) is 11.3. The summed E-state index contributed by atoms with van der Waals surface area (Å²) in [6.07, 6.45) is 0.238. The molecule has 0 aliphatic heterocycles. The van der Waals surface area contributed by atoms with E-state index in [4.69, 9.17) is 9.47 Å². The van der Waals surface area contributed by atoms with Crippen LogP contribution in [0, 0.1) is 0 Å². The van der Waals surface area contributed by atoms with Gasteiger partial charge in [-0.25, -0.2) is 4.79 Å². The molecule has 1 unspecified atom stereocenters. The fourth-order valence-electron chi connectivity index (χ4n) is 1.34. The Hall–Kier alpha value is -1.75. The average Bonchev–Trinajstić information content (AvgIpc) is 2.34. The Labute approximate surface area is 99.9 Å². The molecule has 1 aromatic rings. The monoisotopic (exact) mass is 240 g/mol. The number of hydrogen-bond donors (Lipinski definition) is 1. The molecule has 0 aliphatic carbocycles. The molecule has 94 valence electrons. The van der Waals surface area contributed by atoms with Crippen molar-refractivity contribution in [2.24, 2.45) is 0 Å². The zero-order valence-electron chi connectivity index (χ0n) is 10.1. The molecule has 0 heterocycles. The van der Waals surface area contributed by atoms with Crippen LogP contribution in [0.4, 0.5) is 0 Å². The molecule has 0 aromatic heterocycles. The molecule has 17 heavy (non-hydrogen) atoms. The highest BCUT2D eigenvalue weighted by Gasteiger charge is 2.12. The normalized spacial score (nSPS) is 11.9. The highest BCUT2D eigenvalue weighted by molar-refractivity contribution is 5.90. The molecule has 1 atom stereocenters. The average molecular weight is 240 g/mol. The van der Waals surface area contributed by atoms with Gasteiger partial charge < -0.3 is 19.3 Å². The minimum atomic E-state index is -0.531. The number of phenols is 1. The molecule has 0 saturated carbocycles. The van der Waals surface area contributed by atoms with Crippen LogP contribution in [0.3, 0.4) is 0 Å². The van der Waals surface area contributed by atoms with Gasteiger partial charge in [0.25, 0.3) is 0 Å². The van der Waals surface area contributed by atoms with E-state index < -0.39 is 12.3 Å². The van der Waals surface area contributed by atoms with Gasteiger partial charge in [0, 0.05) is 19.6 Å². The predicted octanol–water partition coefficient (Wildman–Crippen LogP) is 1.94. The van der Waals surface area contributed by atoms with E-state index in [-0.39, 0.29) is 11.3 Å². The molecule has 0 aliphatic rings. The first-order valence-corrected chi connectivity index (χ1v) is 5.22. The van der Waals surface area contributed by atoms with Crippen molar-refractivity contribution in [2.75, 3.05) is 14.2 Å². The number of benzene rings is 1. The Balaban J connectivity index is 2.93. The van der Waals surface area contributed by atoms with Crippen LogP contribution in [-0.4, -0.2) is 31.6 Å². The van der Waals surface area contributed by atoms with Crippen LogP contribution in [0.15, 0.2) is 18.2 Å². The summed E-state index contributed by atoms with van der Waals surface area (Å²) in [5, 5.41) is 9.47. The lowest BCUT2D eigenvalue weighted by molar-refractivity contribution is -0.0549. The number of carbonyl (C=O) groups is 1. The highest BCUT2D eigenvalue weighted by Crippen LogP contribution is 2.23. The summed E-state index contributed by atoms with van der Waals surface area (Å²) >= 11 is 0. The highest BCUT2D eigenvalue weighted by atomic mass is 16.7. The molecule has 0 fully saturated rings. The third kappa shape index (κ3) is 3.64. The summed E-state index contributed by atoms with van der Waals surface area (Å²) in [5.74, 6) is -0.232. The Kier molecular flexibility index (Phi) is 4.78. The molecule has 5 nitrogen and oxygen atoms in total. The summed E-state index contributed by atoms with van der Waals surface area (Å²) in [6, 6.07) is 4.22. The molecule has 1 N–H and O–H groups in total. The van der Waals surface area contributed by atoms with Gasteiger partial charge in [-0.3, -0.25) is 0 Å². The van der Waals surface area contributed by atoms with Crippen molar-refractivity contribution in [3.8, 4) is 11.5 Å². The smallest absolute Gasteiger partial charge is 0.338 e. The first kappa shape index (κ1) is 13.3. The first-order chi connectivity index (χ1) is 8.10. The van der Waals surface area contributed by atoms with Gasteiger partial charge in [-0.15, -0.1) is 0 Å². The van der Waals surface area contributed by atoms with Crippen LogP contribution in [0.2, 0.25) is 0 Å². The van der Waals surface area contributed by atoms with Gasteiger partial charge in [0.05, 0.1) is 12.7 Å². The maximum absolute atomic E-state index is 11.3. The van der Waals surface area contributed by atoms with Crippen LogP contribution in [0.5, 0.6) is 11.5 Å². The lowest BCUT2D eigenvalue weighted by Gasteiger charge is -2.16. The summed E-state index contributed by atoms with van der Waals surface area (Å²) in [7, 11) is 2.80. The van der Waals surface area contributed by atoms with Crippen LogP contribution in [-0.2, 0) is 9.47 Å². The second-order valence-corrected chi connectivity index (χ2v) is 3.40. The van der Waals surface area contributed by atoms with Crippen LogP contribution < -0.4 is 4.74 Å². The molecule has 0 saturated heterocycles. The second kappa shape index (κ2) is 6.10. The summed E-state index contributed by atoms with van der Waals surface area (Å²) in [5.41, 5.74) is 0.230. The second-order valence-electron chi connectivity index (χ2n) is 3.40. The molecule has 1 aromatic carbocycles. The van der Waals surface area contributed by atoms with Crippen molar-refractivity contribution in [1.82, 2.24) is 0 Å². The van der Waals surface area contributed by atoms with Gasteiger partial charge in [0.1, 0.15) is 11.5 Å². The number of ether oxygens (including phenoxy) is 3. The molecular weight excluding hydrogens is 224 g/mol. The Morgan fingerprint density at radius 1 is 1.35 bits per heavy atom. The van der Waals surface area contributed by atoms with Crippen molar-refractivity contribution in [3.05, 3.63) is 23.8 Å². The van der Waals surface area contributed by atoms with Gasteiger partial charge in [-0.2, -0.15) is 0 Å². The first-order valence-electron chi connectivity index (χ1n) is 5.22. The van der Waals surface area contributed by atoms with E-state index >= 15 is 0 Å². The quantitative estimate of drug-likeness (QED) is 0.629. The zero-order valence-corrected chi connectivity index (χ0v) is 10.1. The molecular formula is C12H16O5. The lowest BCUT2D eigenvalue weighted by atomic mass is 10.2. The van der Waals surface area contributed by atoms with Gasteiger partial charge >= 0.3 is 5.97 Å². The predicted molar refractivity (Wildman–Crippen MR) is 61.2 cm³/mol. The maximum atomic E-state index is 11.3. The molecule has 5 heteroatoms. The van der Waals surface area contributed by atoms with Crippen LogP contribution in [0.25, 0.3) is 0 Å². The topological polar surface area (TPSA) is 65.0 Å². The SMILES string of the molecule is CCC(OC)Oc1cc(O)cc(C(=O)OC)c1. The van der Waals surface area contributed by atoms with E-state index in [1.807, 2.05) is 6.92 Å². The number of esters is 1. The van der Waals surface area contributed by atoms with Crippen LogP contribution in [0.1, 0.15) is 23.7 Å². The standard InChI is InChI=1S/C12H16O5/c1-4-11(15-2)17-10-6-8(12(14)16-3)5-9(13)7-10/h5-7,11,13H,4H2,1-3H3. The fraction of sp³-hybridized carbons (Fsp3) is 0.417. The summed E-state index contributed by atoms with van der Waals surface area (Å²) < 4.78 is 15.1. The van der Waals surface area contributed by atoms with E-state index in [0.29, 0.717) is 12.2 Å². The van der Waals surface area contributed by atoms with E-state index in [0.717, 1.165) is 0 Å². The van der Waals surface area contributed by atoms with Gasteiger partial charge in [0.2, 0.25) is 0 Å². The third-order valence-corrected chi connectivity index (χ3v) is 2.18. The number of hydrogen-bond acceptors (Lipinski definition) is 5. The van der Waals surface area contributed by atoms with Crippen molar-refractivity contribution < 1.29 is 24.1 Å². The minimum absolute atomic E-state index is 0.0612. The van der Waals surface area contributed by atoms with E-state index in [1.165, 1.54) is 32.4 Å². The van der Waals surface area contributed by atoms with Crippen LogP contribution >= 0.6 is 0 Å². The number of phenolic OH excluding ortho intramolecular Hbond substituents is 1. The molecule has 0 radical (unpaired) electrons. The van der Waals surface area contributed by atoms with Crippen molar-refractivity contribution in [3.63, 3.8) is 0 Å². The molecule has 0 spiro atoms. The zero-order chi connectivity index (χ0) is 12.8. The van der Waals surface area contributed by atoms with Crippen molar-refractivity contribution in [2.45, 2.75) is 19.6 Å². The van der Waals surface area contributed by atoms with Gasteiger partial charge in [-0.1, -0.05) is 6.92 Å². The maximum Gasteiger partial charge on any atom is 0.338 e. The number of rotatable bonds is 5. The summed E-state index contributed by atoms with van der Waals surface area (Å²) in [6.45, 7) is 1.90. The molecule has 1 rings (SSSR count). The van der Waals surface area contributed by atoms with E-state index in [1.54, 1.807) is 0 Å². The molecule has 0 bridgehead atoms. The lowest BCUT2D eigenvalue weighted by Crippen LogP contribution is -2.17. The van der Waals surface area contributed by atoms with Crippen molar-refractivity contribution in [1.29, 1.82) is 0 Å². The third-order valence-electron chi connectivity index (χ3n) is 2.18. The minimum Gasteiger partial charge on any atom is -0.508 e. The van der Waals surface area contributed by atoms with E-state index in [9.17, 15) is 9.90 Å². The number of carbonyl (C=O) groups excluding carboxylic acids is 1. The molecule has 0 amide bonds. The fourth-order valence-corrected chi connectivity index (χ4v) is 1.34. The Morgan fingerprint density at radius 2 is 2.06 bits per heavy atom. The van der Waals surface area contributed by atoms with Gasteiger partial charge in [0.15, 0.2) is 6.29 Å². The van der Waals surface area contributed by atoms with Crippen molar-refractivity contribution >= 4 is 5.97 Å². The Bertz CT molecular complexity index is 384. The number of methoxy groups -OCH3 is 2. The Morgan fingerprint density at radius 3 is 2.59 bits per heavy atom. The van der Waals surface area contributed by atoms with Gasteiger partial charge in [-0.05, 0) is 12.1 Å². The van der Waals surface area contributed by atoms with E-state index in [2.05, 4.69) is 4.74 Å². The largest absolute Gasteiger partial charge is 0.508 e.